The largest absolute Gasteiger partial charge is 0.251 e. The summed E-state index contributed by atoms with van der Waals surface area (Å²) in [4.78, 5) is 8.56. The maximum Gasteiger partial charge on any atom is 0.237 e. The van der Waals surface area contributed by atoms with Gasteiger partial charge in [-0.15, -0.1) is 0 Å². The molecule has 1 aromatic carbocycles. The minimum Gasteiger partial charge on any atom is -0.251 e. The molecule has 0 bridgehead atoms. The number of sulfonamides is 1. The molecular weight excluding hydrogens is 329 g/mol. The number of nitrogens with one attached hydrogen (secondary N) is 1. The predicted octanol–water partition coefficient (Wildman–Crippen LogP) is 4.11. The van der Waals surface area contributed by atoms with E-state index in [1.165, 1.54) is 12.1 Å². The molecule has 0 atom stereocenters. The number of aromatic nitrogens is 2. The van der Waals surface area contributed by atoms with Gasteiger partial charge < -0.3 is 0 Å². The fourth-order valence-corrected chi connectivity index (χ4v) is 2.62. The fraction of sp³-hybridized carbons (Fsp3) is 0.412. The molecule has 0 saturated carbocycles. The summed E-state index contributed by atoms with van der Waals surface area (Å²) in [7, 11) is -3.47. The second-order valence-corrected chi connectivity index (χ2v) is 7.19. The molecule has 24 heavy (non-hydrogen) atoms. The van der Waals surface area contributed by atoms with Gasteiger partial charge in [0.25, 0.3) is 0 Å². The van der Waals surface area contributed by atoms with E-state index in [2.05, 4.69) is 14.7 Å². The lowest BCUT2D eigenvalue weighted by Crippen LogP contribution is -2.15. The van der Waals surface area contributed by atoms with Gasteiger partial charge in [0.05, 0.1) is 17.6 Å². The highest BCUT2D eigenvalue weighted by Crippen LogP contribution is 2.28. The third kappa shape index (κ3) is 5.26. The Balaban J connectivity index is 0.00000139. The molecule has 0 fully saturated rings. The van der Waals surface area contributed by atoms with E-state index < -0.39 is 10.0 Å². The lowest BCUT2D eigenvalue weighted by molar-refractivity contribution is 0.606. The Labute approximate surface area is 143 Å². The average molecular weight is 353 g/mol. The molecule has 0 saturated heterocycles. The number of nitrogens with zero attached hydrogens (tertiary/aromatic N) is 2. The summed E-state index contributed by atoms with van der Waals surface area (Å²) in [5.41, 5.74) is 2.89. The van der Waals surface area contributed by atoms with E-state index in [1.54, 1.807) is 12.1 Å². The summed E-state index contributed by atoms with van der Waals surface area (Å²) in [6, 6.07) is 5.91. The van der Waals surface area contributed by atoms with Crippen molar-refractivity contribution in [3.63, 3.8) is 0 Å². The van der Waals surface area contributed by atoms with Gasteiger partial charge in [-0.3, -0.25) is 4.72 Å². The predicted molar refractivity (Wildman–Crippen MR) is 96.1 cm³/mol. The van der Waals surface area contributed by atoms with E-state index in [9.17, 15) is 12.8 Å². The van der Waals surface area contributed by atoms with Crippen molar-refractivity contribution in [2.24, 2.45) is 0 Å². The second kappa shape index (κ2) is 8.19. The summed E-state index contributed by atoms with van der Waals surface area (Å²) in [6.07, 6.45) is 1.04. The number of anilines is 1. The van der Waals surface area contributed by atoms with E-state index in [1.807, 2.05) is 34.6 Å². The zero-order valence-corrected chi connectivity index (χ0v) is 15.7. The van der Waals surface area contributed by atoms with Crippen LogP contribution in [0.15, 0.2) is 24.3 Å². The molecule has 0 aliphatic rings. The third-order valence-electron chi connectivity index (χ3n) is 3.12. The monoisotopic (exact) mass is 353 g/mol. The molecule has 132 valence electrons. The normalized spacial score (nSPS) is 11.0. The fourth-order valence-electron chi connectivity index (χ4n) is 2.20. The van der Waals surface area contributed by atoms with Gasteiger partial charge >= 0.3 is 0 Å². The Hall–Kier alpha value is -2.02. The first kappa shape index (κ1) is 20.0. The van der Waals surface area contributed by atoms with Crippen molar-refractivity contribution in [3.05, 3.63) is 41.3 Å². The van der Waals surface area contributed by atoms with Crippen molar-refractivity contribution in [2.45, 2.75) is 40.5 Å². The van der Waals surface area contributed by atoms with Crippen LogP contribution < -0.4 is 4.72 Å². The van der Waals surface area contributed by atoms with E-state index in [0.717, 1.165) is 17.5 Å². The SMILES string of the molecule is CC.Cc1c(-c2ccc(F)cc2)nc(NS(C)(=O)=O)nc1C(C)C. The Morgan fingerprint density at radius 2 is 1.62 bits per heavy atom. The van der Waals surface area contributed by atoms with E-state index in [0.29, 0.717) is 11.3 Å². The maximum absolute atomic E-state index is 13.1. The van der Waals surface area contributed by atoms with E-state index in [-0.39, 0.29) is 17.7 Å². The van der Waals surface area contributed by atoms with Crippen molar-refractivity contribution in [2.75, 3.05) is 11.0 Å². The Bertz CT molecular complexity index is 788. The first-order valence-corrected chi connectivity index (χ1v) is 9.69. The molecule has 1 heterocycles. The molecule has 0 aliphatic carbocycles. The van der Waals surface area contributed by atoms with Crippen molar-refractivity contribution in [1.29, 1.82) is 0 Å². The molecule has 0 radical (unpaired) electrons. The lowest BCUT2D eigenvalue weighted by atomic mass is 10.00. The molecule has 7 heteroatoms. The summed E-state index contributed by atoms with van der Waals surface area (Å²) < 4.78 is 38.2. The quantitative estimate of drug-likeness (QED) is 0.898. The highest BCUT2D eigenvalue weighted by molar-refractivity contribution is 7.91. The molecule has 5 nitrogen and oxygen atoms in total. The van der Waals surface area contributed by atoms with Crippen molar-refractivity contribution in [1.82, 2.24) is 9.97 Å². The van der Waals surface area contributed by atoms with Gasteiger partial charge in [0.15, 0.2) is 0 Å². The third-order valence-corrected chi connectivity index (χ3v) is 3.68. The van der Waals surface area contributed by atoms with Crippen molar-refractivity contribution in [3.8, 4) is 11.3 Å². The van der Waals surface area contributed by atoms with Gasteiger partial charge in [0.1, 0.15) is 5.82 Å². The zero-order chi connectivity index (χ0) is 18.5. The average Bonchev–Trinajstić information content (AvgIpc) is 2.50. The van der Waals surface area contributed by atoms with E-state index in [4.69, 9.17) is 0 Å². The zero-order valence-electron chi connectivity index (χ0n) is 14.9. The molecule has 2 aromatic rings. The summed E-state index contributed by atoms with van der Waals surface area (Å²) in [6.45, 7) is 9.81. The van der Waals surface area contributed by atoms with Gasteiger partial charge in [0, 0.05) is 5.56 Å². The van der Waals surface area contributed by atoms with Crippen LogP contribution in [0.2, 0.25) is 0 Å². The molecular formula is C17H24FN3O2S. The van der Waals surface area contributed by atoms with Crippen molar-refractivity contribution >= 4 is 16.0 Å². The van der Waals surface area contributed by atoms with Crippen LogP contribution >= 0.6 is 0 Å². The molecule has 0 amide bonds. The van der Waals surface area contributed by atoms with Crippen LogP contribution in [0, 0.1) is 12.7 Å². The van der Waals surface area contributed by atoms with Crippen LogP contribution in [0.4, 0.5) is 10.3 Å². The van der Waals surface area contributed by atoms with Gasteiger partial charge in [-0.05, 0) is 42.7 Å². The summed E-state index contributed by atoms with van der Waals surface area (Å²) in [5, 5.41) is 0. The van der Waals surface area contributed by atoms with E-state index >= 15 is 0 Å². The highest BCUT2D eigenvalue weighted by Gasteiger charge is 2.16. The standard InChI is InChI=1S/C15H18FN3O2S.C2H6/c1-9(2)13-10(3)14(11-5-7-12(16)8-6-11)18-15(17-13)19-22(4,20)21;1-2/h5-9H,1-4H3,(H,17,18,19);1-2H3. The number of hydrogen-bond donors (Lipinski definition) is 1. The number of halogens is 1. The van der Waals surface area contributed by atoms with Gasteiger partial charge in [-0.2, -0.15) is 0 Å². The molecule has 0 aliphatic heterocycles. The number of benzene rings is 1. The molecule has 1 N–H and O–H groups in total. The summed E-state index contributed by atoms with van der Waals surface area (Å²) in [5.74, 6) is -0.215. The Morgan fingerprint density at radius 1 is 1.08 bits per heavy atom. The van der Waals surface area contributed by atoms with Gasteiger partial charge in [-0.1, -0.05) is 27.7 Å². The maximum atomic E-state index is 13.1. The Kier molecular flexibility index (Phi) is 6.83. The first-order chi connectivity index (χ1) is 11.2. The smallest absolute Gasteiger partial charge is 0.237 e. The summed E-state index contributed by atoms with van der Waals surface area (Å²) >= 11 is 0. The lowest BCUT2D eigenvalue weighted by Gasteiger charge is -2.15. The van der Waals surface area contributed by atoms with Crippen LogP contribution in [-0.2, 0) is 10.0 Å². The molecule has 2 rings (SSSR count). The molecule has 0 unspecified atom stereocenters. The highest BCUT2D eigenvalue weighted by atomic mass is 32.2. The minimum absolute atomic E-state index is 0.0242. The van der Waals surface area contributed by atoms with Gasteiger partial charge in [-0.25, -0.2) is 22.8 Å². The molecule has 0 spiro atoms. The van der Waals surface area contributed by atoms with Crippen LogP contribution in [0.5, 0.6) is 0 Å². The Morgan fingerprint density at radius 3 is 2.08 bits per heavy atom. The van der Waals surface area contributed by atoms with Crippen LogP contribution in [0.3, 0.4) is 0 Å². The first-order valence-electron chi connectivity index (χ1n) is 7.79. The number of rotatable bonds is 4. The topological polar surface area (TPSA) is 72.0 Å². The van der Waals surface area contributed by atoms with Crippen LogP contribution in [-0.4, -0.2) is 24.6 Å². The minimum atomic E-state index is -3.47. The van der Waals surface area contributed by atoms with Gasteiger partial charge in [0.2, 0.25) is 16.0 Å². The van der Waals surface area contributed by atoms with Crippen molar-refractivity contribution < 1.29 is 12.8 Å². The van der Waals surface area contributed by atoms with Crippen LogP contribution in [0.1, 0.15) is 44.9 Å². The van der Waals surface area contributed by atoms with Crippen LogP contribution in [0.25, 0.3) is 11.3 Å². The molecule has 1 aromatic heterocycles. The number of hydrogen-bond acceptors (Lipinski definition) is 4. The second-order valence-electron chi connectivity index (χ2n) is 5.44.